The SMILES string of the molecule is O=C(N1CCC(C(F)(F)F)C1)C1(n2cnnn2)CC1. The molecule has 1 aliphatic heterocycles. The lowest BCUT2D eigenvalue weighted by molar-refractivity contribution is -0.171. The molecule has 1 saturated heterocycles. The van der Waals surface area contributed by atoms with E-state index in [1.807, 2.05) is 0 Å². The highest BCUT2D eigenvalue weighted by molar-refractivity contribution is 5.87. The number of carbonyl (C=O) groups is 1. The highest BCUT2D eigenvalue weighted by Crippen LogP contribution is 2.45. The number of alkyl halides is 3. The van der Waals surface area contributed by atoms with Gasteiger partial charge in [0.25, 0.3) is 5.91 Å². The van der Waals surface area contributed by atoms with Crippen molar-refractivity contribution < 1.29 is 18.0 Å². The van der Waals surface area contributed by atoms with Crippen LogP contribution in [0.5, 0.6) is 0 Å². The number of hydrogen-bond acceptors (Lipinski definition) is 4. The minimum absolute atomic E-state index is 0.0269. The average molecular weight is 275 g/mol. The van der Waals surface area contributed by atoms with Crippen LogP contribution in [0.3, 0.4) is 0 Å². The molecular weight excluding hydrogens is 263 g/mol. The van der Waals surface area contributed by atoms with Crippen molar-refractivity contribution in [1.29, 1.82) is 0 Å². The van der Waals surface area contributed by atoms with Gasteiger partial charge in [0.15, 0.2) is 0 Å². The molecule has 0 aromatic carbocycles. The van der Waals surface area contributed by atoms with E-state index < -0.39 is 17.6 Å². The van der Waals surface area contributed by atoms with E-state index in [1.165, 1.54) is 15.9 Å². The summed E-state index contributed by atoms with van der Waals surface area (Å²) in [6.07, 6.45) is -1.78. The fraction of sp³-hybridized carbons (Fsp3) is 0.800. The molecule has 1 aromatic heterocycles. The molecule has 0 bridgehead atoms. The van der Waals surface area contributed by atoms with Gasteiger partial charge in [-0.2, -0.15) is 13.2 Å². The first-order chi connectivity index (χ1) is 8.93. The van der Waals surface area contributed by atoms with Crippen molar-refractivity contribution >= 4 is 5.91 Å². The number of aromatic nitrogens is 4. The van der Waals surface area contributed by atoms with Crippen LogP contribution in [0, 0.1) is 5.92 Å². The minimum Gasteiger partial charge on any atom is -0.340 e. The van der Waals surface area contributed by atoms with E-state index in [2.05, 4.69) is 15.5 Å². The molecular formula is C10H12F3N5O. The van der Waals surface area contributed by atoms with Gasteiger partial charge in [-0.25, -0.2) is 4.68 Å². The van der Waals surface area contributed by atoms with E-state index in [0.717, 1.165) is 0 Å². The van der Waals surface area contributed by atoms with Crippen molar-refractivity contribution in [1.82, 2.24) is 25.1 Å². The highest BCUT2D eigenvalue weighted by atomic mass is 19.4. The summed E-state index contributed by atoms with van der Waals surface area (Å²) in [7, 11) is 0. The van der Waals surface area contributed by atoms with Crippen LogP contribution in [-0.4, -0.2) is 50.3 Å². The Labute approximate surface area is 106 Å². The predicted octanol–water partition coefficient (Wildman–Crippen LogP) is 0.573. The second-order valence-electron chi connectivity index (χ2n) is 5.06. The van der Waals surface area contributed by atoms with Gasteiger partial charge in [0.1, 0.15) is 11.9 Å². The molecule has 0 radical (unpaired) electrons. The Balaban J connectivity index is 1.73. The van der Waals surface area contributed by atoms with Gasteiger partial charge < -0.3 is 4.90 Å². The number of nitrogens with zero attached hydrogens (tertiary/aromatic N) is 5. The van der Waals surface area contributed by atoms with Crippen molar-refractivity contribution in [2.75, 3.05) is 13.1 Å². The van der Waals surface area contributed by atoms with Crippen LogP contribution in [0.1, 0.15) is 19.3 Å². The molecule has 1 aromatic rings. The summed E-state index contributed by atoms with van der Waals surface area (Å²) in [6.45, 7) is -0.112. The summed E-state index contributed by atoms with van der Waals surface area (Å²) in [5.41, 5.74) is -0.843. The Morgan fingerprint density at radius 3 is 2.58 bits per heavy atom. The summed E-state index contributed by atoms with van der Waals surface area (Å²) in [6, 6.07) is 0. The van der Waals surface area contributed by atoms with Crippen LogP contribution in [-0.2, 0) is 10.3 Å². The number of hydrogen-bond donors (Lipinski definition) is 0. The number of amides is 1. The lowest BCUT2D eigenvalue weighted by Gasteiger charge is -2.23. The number of rotatable bonds is 2. The van der Waals surface area contributed by atoms with Crippen LogP contribution >= 0.6 is 0 Å². The number of tetrazole rings is 1. The summed E-state index contributed by atoms with van der Waals surface area (Å²) in [5.74, 6) is -1.72. The Morgan fingerprint density at radius 1 is 1.37 bits per heavy atom. The molecule has 1 atom stereocenters. The second-order valence-corrected chi connectivity index (χ2v) is 5.06. The van der Waals surface area contributed by atoms with Crippen LogP contribution in [0.4, 0.5) is 13.2 Å². The van der Waals surface area contributed by atoms with E-state index in [-0.39, 0.29) is 25.4 Å². The van der Waals surface area contributed by atoms with E-state index in [9.17, 15) is 18.0 Å². The van der Waals surface area contributed by atoms with Crippen molar-refractivity contribution in [3.63, 3.8) is 0 Å². The zero-order valence-corrected chi connectivity index (χ0v) is 9.97. The topological polar surface area (TPSA) is 63.9 Å². The van der Waals surface area contributed by atoms with Crippen molar-refractivity contribution in [2.45, 2.75) is 31.0 Å². The second kappa shape index (κ2) is 3.91. The Morgan fingerprint density at radius 2 is 2.11 bits per heavy atom. The third-order valence-corrected chi connectivity index (χ3v) is 3.85. The first kappa shape index (κ1) is 12.4. The molecule has 2 aliphatic rings. The highest BCUT2D eigenvalue weighted by Gasteiger charge is 2.57. The van der Waals surface area contributed by atoms with Crippen LogP contribution in [0.15, 0.2) is 6.33 Å². The normalized spacial score (nSPS) is 25.6. The monoisotopic (exact) mass is 275 g/mol. The number of carbonyl (C=O) groups excluding carboxylic acids is 1. The largest absolute Gasteiger partial charge is 0.393 e. The first-order valence-electron chi connectivity index (χ1n) is 6.03. The average Bonchev–Trinajstić information content (AvgIpc) is 2.85. The third-order valence-electron chi connectivity index (χ3n) is 3.85. The van der Waals surface area contributed by atoms with Gasteiger partial charge in [-0.3, -0.25) is 4.79 Å². The van der Waals surface area contributed by atoms with Gasteiger partial charge in [-0.1, -0.05) is 0 Å². The van der Waals surface area contributed by atoms with Crippen molar-refractivity contribution in [3.8, 4) is 0 Å². The summed E-state index contributed by atoms with van der Waals surface area (Å²) >= 11 is 0. The zero-order chi connectivity index (χ0) is 13.7. The maximum absolute atomic E-state index is 12.6. The zero-order valence-electron chi connectivity index (χ0n) is 9.97. The summed E-state index contributed by atoms with van der Waals surface area (Å²) in [5, 5.41) is 10.6. The van der Waals surface area contributed by atoms with Gasteiger partial charge in [-0.05, 0) is 29.7 Å². The molecule has 104 valence electrons. The predicted molar refractivity (Wildman–Crippen MR) is 55.8 cm³/mol. The van der Waals surface area contributed by atoms with Crippen LogP contribution < -0.4 is 0 Å². The minimum atomic E-state index is -4.24. The van der Waals surface area contributed by atoms with Gasteiger partial charge in [0.2, 0.25) is 0 Å². The van der Waals surface area contributed by atoms with Crippen LogP contribution in [0.2, 0.25) is 0 Å². The molecule has 0 N–H and O–H groups in total. The van der Waals surface area contributed by atoms with Gasteiger partial charge in [0.05, 0.1) is 5.92 Å². The Bertz CT molecular complexity index is 482. The molecule has 2 fully saturated rings. The molecule has 9 heteroatoms. The quantitative estimate of drug-likeness (QED) is 0.791. The number of likely N-dealkylation sites (tertiary alicyclic amines) is 1. The maximum Gasteiger partial charge on any atom is 0.393 e. The third kappa shape index (κ3) is 1.96. The fourth-order valence-electron chi connectivity index (χ4n) is 2.52. The molecule has 1 saturated carbocycles. The lowest BCUT2D eigenvalue weighted by Crippen LogP contribution is -2.42. The van der Waals surface area contributed by atoms with Crippen molar-refractivity contribution in [3.05, 3.63) is 6.33 Å². The standard InChI is InChI=1S/C10H12F3N5O/c11-10(12,13)7-1-4-17(5-7)8(19)9(2-3-9)18-6-14-15-16-18/h6-7H,1-5H2. The van der Waals surface area contributed by atoms with Crippen molar-refractivity contribution in [2.24, 2.45) is 5.92 Å². The number of halogens is 3. The van der Waals surface area contributed by atoms with Gasteiger partial charge in [0, 0.05) is 13.1 Å². The molecule has 3 rings (SSSR count). The molecule has 0 spiro atoms. The van der Waals surface area contributed by atoms with Crippen LogP contribution in [0.25, 0.3) is 0 Å². The molecule has 1 amide bonds. The maximum atomic E-state index is 12.6. The first-order valence-corrected chi connectivity index (χ1v) is 6.03. The van der Waals surface area contributed by atoms with Gasteiger partial charge >= 0.3 is 6.18 Å². The van der Waals surface area contributed by atoms with Gasteiger partial charge in [-0.15, -0.1) is 5.10 Å². The Hall–Kier alpha value is -1.67. The fourth-order valence-corrected chi connectivity index (χ4v) is 2.52. The molecule has 6 nitrogen and oxygen atoms in total. The summed E-state index contributed by atoms with van der Waals surface area (Å²) in [4.78, 5) is 13.6. The smallest absolute Gasteiger partial charge is 0.340 e. The lowest BCUT2D eigenvalue weighted by atomic mass is 10.1. The molecule has 19 heavy (non-hydrogen) atoms. The van der Waals surface area contributed by atoms with E-state index in [4.69, 9.17) is 0 Å². The molecule has 2 heterocycles. The van der Waals surface area contributed by atoms with E-state index in [1.54, 1.807) is 0 Å². The van der Waals surface area contributed by atoms with E-state index >= 15 is 0 Å². The summed E-state index contributed by atoms with van der Waals surface area (Å²) < 4.78 is 39.2. The molecule has 1 unspecified atom stereocenters. The molecule has 1 aliphatic carbocycles. The van der Waals surface area contributed by atoms with E-state index in [0.29, 0.717) is 12.8 Å². The Kier molecular flexibility index (Phi) is 2.55.